The van der Waals surface area contributed by atoms with Gasteiger partial charge in [0.1, 0.15) is 10.7 Å². The molecule has 0 bridgehead atoms. The third kappa shape index (κ3) is 2.43. The van der Waals surface area contributed by atoms with Gasteiger partial charge in [0.15, 0.2) is 0 Å². The van der Waals surface area contributed by atoms with Gasteiger partial charge in [0.05, 0.1) is 12.2 Å². The number of rotatable bonds is 2. The van der Waals surface area contributed by atoms with Gasteiger partial charge in [-0.3, -0.25) is 0 Å². The van der Waals surface area contributed by atoms with E-state index in [2.05, 4.69) is 15.9 Å². The van der Waals surface area contributed by atoms with Crippen molar-refractivity contribution in [3.05, 3.63) is 28.5 Å². The van der Waals surface area contributed by atoms with Gasteiger partial charge >= 0.3 is 0 Å². The van der Waals surface area contributed by atoms with E-state index in [1.54, 1.807) is 0 Å². The summed E-state index contributed by atoms with van der Waals surface area (Å²) in [5.41, 5.74) is 0. The van der Waals surface area contributed by atoms with Crippen LogP contribution in [0.1, 0.15) is 0 Å². The number of nitrogens with zero attached hydrogens (tertiary/aromatic N) is 1. The van der Waals surface area contributed by atoms with E-state index < -0.39 is 32.9 Å². The summed E-state index contributed by atoms with van der Waals surface area (Å²) in [5, 5.41) is 18.7. The van der Waals surface area contributed by atoms with Crippen molar-refractivity contribution in [3.8, 4) is 0 Å². The summed E-state index contributed by atoms with van der Waals surface area (Å²) in [5.74, 6) is -0.875. The number of aliphatic hydroxyl groups excluding tert-OH is 2. The average molecular weight is 340 g/mol. The highest BCUT2D eigenvalue weighted by Crippen LogP contribution is 2.25. The molecule has 1 aliphatic rings. The van der Waals surface area contributed by atoms with E-state index >= 15 is 0 Å². The first kappa shape index (κ1) is 13.9. The molecule has 1 aromatic carbocycles. The van der Waals surface area contributed by atoms with Crippen LogP contribution < -0.4 is 0 Å². The molecule has 0 radical (unpaired) electrons. The topological polar surface area (TPSA) is 77.8 Å². The van der Waals surface area contributed by atoms with Gasteiger partial charge in [-0.05, 0) is 18.2 Å². The van der Waals surface area contributed by atoms with E-state index in [1.807, 2.05) is 0 Å². The Balaban J connectivity index is 2.37. The van der Waals surface area contributed by atoms with Crippen LogP contribution in [0.5, 0.6) is 0 Å². The minimum atomic E-state index is -4.03. The van der Waals surface area contributed by atoms with Gasteiger partial charge < -0.3 is 10.2 Å². The predicted octanol–water partition coefficient (Wildman–Crippen LogP) is 0.314. The number of halogens is 2. The zero-order valence-electron chi connectivity index (χ0n) is 9.12. The summed E-state index contributed by atoms with van der Waals surface area (Å²) in [4.78, 5) is -0.466. The fourth-order valence-corrected chi connectivity index (χ4v) is 3.61. The van der Waals surface area contributed by atoms with Crippen molar-refractivity contribution in [2.24, 2.45) is 0 Å². The van der Waals surface area contributed by atoms with Crippen LogP contribution in [0.3, 0.4) is 0 Å². The standard InChI is InChI=1S/C10H11BrFNO4S/c11-6-1-2-10(7(12)3-6)18(16,17)13-4-8(14)9(15)5-13/h1-3,8-9,14-15H,4-5H2. The molecule has 2 unspecified atom stereocenters. The Morgan fingerprint density at radius 3 is 2.33 bits per heavy atom. The highest BCUT2D eigenvalue weighted by Gasteiger charge is 2.38. The fourth-order valence-electron chi connectivity index (χ4n) is 1.75. The maximum Gasteiger partial charge on any atom is 0.246 e. The molecule has 0 aliphatic carbocycles. The molecule has 0 amide bonds. The first-order valence-electron chi connectivity index (χ1n) is 5.13. The molecular formula is C10H11BrFNO4S. The van der Waals surface area contributed by atoms with E-state index in [0.717, 1.165) is 16.4 Å². The number of sulfonamides is 1. The monoisotopic (exact) mass is 339 g/mol. The van der Waals surface area contributed by atoms with Crippen LogP contribution in [-0.4, -0.2) is 48.2 Å². The maximum absolute atomic E-state index is 13.6. The van der Waals surface area contributed by atoms with E-state index in [0.29, 0.717) is 4.47 Å². The summed E-state index contributed by atoms with van der Waals surface area (Å²) < 4.78 is 39.1. The Kier molecular flexibility index (Phi) is 3.75. The maximum atomic E-state index is 13.6. The lowest BCUT2D eigenvalue weighted by molar-refractivity contribution is 0.0572. The second-order valence-electron chi connectivity index (χ2n) is 4.03. The molecule has 1 saturated heterocycles. The second-order valence-corrected chi connectivity index (χ2v) is 6.85. The SMILES string of the molecule is O=S(=O)(c1ccc(Br)cc1F)N1CC(O)C(O)C1. The van der Waals surface area contributed by atoms with E-state index in [-0.39, 0.29) is 13.1 Å². The minimum Gasteiger partial charge on any atom is -0.389 e. The predicted molar refractivity (Wildman–Crippen MR) is 64.9 cm³/mol. The van der Waals surface area contributed by atoms with Gasteiger partial charge in [0.25, 0.3) is 0 Å². The molecule has 1 heterocycles. The summed E-state index contributed by atoms with van der Waals surface area (Å²) in [6.07, 6.45) is -2.28. The summed E-state index contributed by atoms with van der Waals surface area (Å²) in [7, 11) is -4.03. The molecule has 2 rings (SSSR count). The molecule has 1 aromatic rings. The van der Waals surface area contributed by atoms with E-state index in [9.17, 15) is 23.0 Å². The molecule has 8 heteroatoms. The summed E-state index contributed by atoms with van der Waals surface area (Å²) >= 11 is 3.04. The van der Waals surface area contributed by atoms with Crippen molar-refractivity contribution in [2.75, 3.05) is 13.1 Å². The van der Waals surface area contributed by atoms with Gasteiger partial charge in [0, 0.05) is 17.6 Å². The van der Waals surface area contributed by atoms with Gasteiger partial charge in [-0.15, -0.1) is 0 Å². The Morgan fingerprint density at radius 2 is 1.83 bits per heavy atom. The lowest BCUT2D eigenvalue weighted by Gasteiger charge is -2.16. The average Bonchev–Trinajstić information content (AvgIpc) is 2.59. The molecule has 5 nitrogen and oxygen atoms in total. The lowest BCUT2D eigenvalue weighted by atomic mass is 10.3. The van der Waals surface area contributed by atoms with Crippen LogP contribution in [0.25, 0.3) is 0 Å². The van der Waals surface area contributed by atoms with Crippen LogP contribution in [-0.2, 0) is 10.0 Å². The second kappa shape index (κ2) is 4.86. The fraction of sp³-hybridized carbons (Fsp3) is 0.400. The molecule has 0 saturated carbocycles. The first-order chi connectivity index (χ1) is 8.32. The zero-order chi connectivity index (χ0) is 13.5. The third-order valence-corrected chi connectivity index (χ3v) is 5.10. The van der Waals surface area contributed by atoms with Crippen molar-refractivity contribution in [2.45, 2.75) is 17.1 Å². The summed E-state index contributed by atoms with van der Waals surface area (Å²) in [6.45, 7) is -0.474. The van der Waals surface area contributed by atoms with Crippen LogP contribution in [0.4, 0.5) is 4.39 Å². The highest BCUT2D eigenvalue weighted by atomic mass is 79.9. The normalized spacial score (nSPS) is 25.6. The zero-order valence-corrected chi connectivity index (χ0v) is 11.5. The molecule has 0 aromatic heterocycles. The molecule has 1 fully saturated rings. The molecule has 100 valence electrons. The minimum absolute atomic E-state index is 0.237. The molecule has 1 aliphatic heterocycles. The van der Waals surface area contributed by atoms with Crippen LogP contribution in [0.15, 0.2) is 27.6 Å². The highest BCUT2D eigenvalue weighted by molar-refractivity contribution is 9.10. The number of hydrogen-bond donors (Lipinski definition) is 2. The van der Waals surface area contributed by atoms with Crippen LogP contribution in [0, 0.1) is 5.82 Å². The van der Waals surface area contributed by atoms with Crippen molar-refractivity contribution < 1.29 is 23.0 Å². The Labute approximate surface area is 112 Å². The third-order valence-electron chi connectivity index (χ3n) is 2.74. The smallest absolute Gasteiger partial charge is 0.246 e. The quantitative estimate of drug-likeness (QED) is 0.813. The Morgan fingerprint density at radius 1 is 1.28 bits per heavy atom. The number of benzene rings is 1. The van der Waals surface area contributed by atoms with Gasteiger partial charge in [-0.25, -0.2) is 12.8 Å². The summed E-state index contributed by atoms with van der Waals surface area (Å²) in [6, 6.07) is 3.61. The van der Waals surface area contributed by atoms with Crippen molar-refractivity contribution in [1.82, 2.24) is 4.31 Å². The largest absolute Gasteiger partial charge is 0.389 e. The van der Waals surface area contributed by atoms with Crippen molar-refractivity contribution in [1.29, 1.82) is 0 Å². The Bertz CT molecular complexity index is 555. The molecular weight excluding hydrogens is 329 g/mol. The Hall–Kier alpha value is -0.540. The number of β-amino-alcohol motifs (C(OH)–C–C–N with tert-alkyl or cyclic N) is 2. The van der Waals surface area contributed by atoms with Crippen molar-refractivity contribution >= 4 is 26.0 Å². The van der Waals surface area contributed by atoms with Gasteiger partial charge in [0.2, 0.25) is 10.0 Å². The number of hydrogen-bond acceptors (Lipinski definition) is 4. The first-order valence-corrected chi connectivity index (χ1v) is 7.37. The lowest BCUT2D eigenvalue weighted by Crippen LogP contribution is -2.30. The van der Waals surface area contributed by atoms with Gasteiger partial charge in [-0.2, -0.15) is 4.31 Å². The molecule has 2 atom stereocenters. The van der Waals surface area contributed by atoms with Crippen LogP contribution >= 0.6 is 15.9 Å². The molecule has 18 heavy (non-hydrogen) atoms. The number of aliphatic hydroxyl groups is 2. The molecule has 0 spiro atoms. The molecule has 2 N–H and O–H groups in total. The van der Waals surface area contributed by atoms with E-state index in [1.165, 1.54) is 6.07 Å². The van der Waals surface area contributed by atoms with Gasteiger partial charge in [-0.1, -0.05) is 15.9 Å². The van der Waals surface area contributed by atoms with Crippen LogP contribution in [0.2, 0.25) is 0 Å². The van der Waals surface area contributed by atoms with E-state index in [4.69, 9.17) is 0 Å². The van der Waals surface area contributed by atoms with Crippen molar-refractivity contribution in [3.63, 3.8) is 0 Å².